The SMILES string of the molecule is NCCCCC(NC(=O)c1cccc(-n2cc(CNC(=O)CCOCCCC(=O)CCCC[C@@H]3SC[C@@H]4NC(=O)N[C@@H]43)nn2)c1)C(=O)COc1c(F)cccc1F. The number of Topliss-reactive ketones (excluding diaryl/α,β-unsaturated/α-hetero) is 2. The van der Waals surface area contributed by atoms with E-state index in [4.69, 9.17) is 15.2 Å². The van der Waals surface area contributed by atoms with Crippen molar-refractivity contribution in [3.63, 3.8) is 0 Å². The minimum Gasteiger partial charge on any atom is -0.480 e. The monoisotopic (exact) mass is 812 g/mol. The molecule has 57 heavy (non-hydrogen) atoms. The molecule has 2 aromatic carbocycles. The first kappa shape index (κ1) is 43.2. The molecule has 5 rings (SSSR count). The Morgan fingerprint density at radius 2 is 1.77 bits per heavy atom. The first-order valence-electron chi connectivity index (χ1n) is 19.3. The zero-order chi connectivity index (χ0) is 40.6. The highest BCUT2D eigenvalue weighted by Gasteiger charge is 2.42. The quantitative estimate of drug-likeness (QED) is 0.0618. The van der Waals surface area contributed by atoms with Gasteiger partial charge in [0.25, 0.3) is 5.91 Å². The number of hydrogen-bond donors (Lipinski definition) is 5. The molecular formula is C39H50F2N8O7S. The number of ketones is 2. The molecule has 0 saturated carbocycles. The standard InChI is InChI=1S/C39H50F2N8O7S/c40-29-12-6-13-30(41)37(29)56-23-33(51)31(14-3-4-17-42)44-38(53)25-8-5-9-27(20-25)49-22-26(47-48-49)21-43-35(52)16-19-55-18-7-11-28(50)10-1-2-15-34-36-32(24-57-34)45-39(54)46-36/h5-6,8-9,12-13,20,22,31-32,34,36H,1-4,7,10-11,14-19,21,23-24,42H2,(H,43,52)(H,44,53)(H2,45,46,54)/t31?,32-,34-,36-/m0/s1. The van der Waals surface area contributed by atoms with Gasteiger partial charge in [-0.15, -0.1) is 5.10 Å². The van der Waals surface area contributed by atoms with E-state index < -0.39 is 41.7 Å². The zero-order valence-corrected chi connectivity index (χ0v) is 32.5. The second-order valence-electron chi connectivity index (χ2n) is 14.0. The summed E-state index contributed by atoms with van der Waals surface area (Å²) in [6.45, 7) is 0.456. The Balaban J connectivity index is 0.972. The fourth-order valence-electron chi connectivity index (χ4n) is 6.56. The van der Waals surface area contributed by atoms with Crippen LogP contribution in [-0.4, -0.2) is 99.9 Å². The van der Waals surface area contributed by atoms with Crippen molar-refractivity contribution >= 4 is 41.2 Å². The molecule has 1 unspecified atom stereocenters. The maximum Gasteiger partial charge on any atom is 0.315 e. The molecule has 4 amide bonds. The predicted octanol–water partition coefficient (Wildman–Crippen LogP) is 3.52. The molecule has 308 valence electrons. The highest BCUT2D eigenvalue weighted by molar-refractivity contribution is 8.00. The third kappa shape index (κ3) is 13.3. The van der Waals surface area contributed by atoms with Gasteiger partial charge >= 0.3 is 6.03 Å². The van der Waals surface area contributed by atoms with Crippen LogP contribution < -0.4 is 31.7 Å². The van der Waals surface area contributed by atoms with Gasteiger partial charge < -0.3 is 36.5 Å². The lowest BCUT2D eigenvalue weighted by molar-refractivity contribution is -0.123. The smallest absolute Gasteiger partial charge is 0.315 e. The van der Waals surface area contributed by atoms with E-state index in [0.717, 1.165) is 37.1 Å². The molecule has 4 atom stereocenters. The number of nitrogens with two attached hydrogens (primary N) is 1. The van der Waals surface area contributed by atoms with E-state index in [0.29, 0.717) is 61.9 Å². The summed E-state index contributed by atoms with van der Waals surface area (Å²) < 4.78 is 40.2. The molecule has 3 aromatic rings. The number of carbonyl (C=O) groups excluding carboxylic acids is 5. The number of amides is 4. The van der Waals surface area contributed by atoms with Crippen LogP contribution in [0.2, 0.25) is 0 Å². The number of urea groups is 1. The summed E-state index contributed by atoms with van der Waals surface area (Å²) >= 11 is 1.88. The van der Waals surface area contributed by atoms with Crippen molar-refractivity contribution in [1.29, 1.82) is 0 Å². The average molecular weight is 813 g/mol. The van der Waals surface area contributed by atoms with Crippen LogP contribution >= 0.6 is 11.8 Å². The minimum atomic E-state index is -0.989. The van der Waals surface area contributed by atoms with Gasteiger partial charge in [-0.05, 0) is 75.4 Å². The number of nitrogens with one attached hydrogen (secondary N) is 4. The lowest BCUT2D eigenvalue weighted by Gasteiger charge is -2.18. The number of ether oxygens (including phenoxy) is 2. The lowest BCUT2D eigenvalue weighted by Crippen LogP contribution is -2.43. The predicted molar refractivity (Wildman–Crippen MR) is 208 cm³/mol. The third-order valence-electron chi connectivity index (χ3n) is 9.65. The van der Waals surface area contributed by atoms with Crippen molar-refractivity contribution in [1.82, 2.24) is 36.3 Å². The van der Waals surface area contributed by atoms with Crippen molar-refractivity contribution in [2.75, 3.05) is 32.1 Å². The van der Waals surface area contributed by atoms with Crippen molar-refractivity contribution in [3.8, 4) is 11.4 Å². The number of thioether (sulfide) groups is 1. The van der Waals surface area contributed by atoms with Gasteiger partial charge in [0.1, 0.15) is 18.1 Å². The molecule has 0 aliphatic carbocycles. The number of para-hydroxylation sites is 1. The summed E-state index contributed by atoms with van der Waals surface area (Å²) in [5, 5.41) is 20.0. The topological polar surface area (TPSA) is 209 Å². The number of rotatable bonds is 25. The van der Waals surface area contributed by atoms with Crippen molar-refractivity contribution in [2.24, 2.45) is 5.73 Å². The molecular weight excluding hydrogens is 763 g/mol. The van der Waals surface area contributed by atoms with Gasteiger partial charge in [-0.1, -0.05) is 23.8 Å². The molecule has 2 aliphatic heterocycles. The molecule has 18 heteroatoms. The number of hydrogen-bond acceptors (Lipinski definition) is 11. The molecule has 6 N–H and O–H groups in total. The van der Waals surface area contributed by atoms with E-state index in [1.807, 2.05) is 11.8 Å². The van der Waals surface area contributed by atoms with Gasteiger partial charge in [0.05, 0.1) is 43.2 Å². The zero-order valence-electron chi connectivity index (χ0n) is 31.7. The van der Waals surface area contributed by atoms with E-state index in [1.54, 1.807) is 30.5 Å². The second-order valence-corrected chi connectivity index (χ2v) is 15.2. The number of halogens is 2. The van der Waals surface area contributed by atoms with E-state index in [2.05, 4.69) is 31.6 Å². The minimum absolute atomic E-state index is 0.0878. The molecule has 1 aromatic heterocycles. The van der Waals surface area contributed by atoms with Crippen LogP contribution in [0.5, 0.6) is 5.75 Å². The van der Waals surface area contributed by atoms with E-state index in [-0.39, 0.29) is 61.4 Å². The van der Waals surface area contributed by atoms with Gasteiger partial charge in [0.15, 0.2) is 23.2 Å². The van der Waals surface area contributed by atoms with Crippen molar-refractivity contribution < 1.29 is 42.2 Å². The molecule has 0 bridgehead atoms. The van der Waals surface area contributed by atoms with Crippen LogP contribution in [0.25, 0.3) is 5.69 Å². The summed E-state index contributed by atoms with van der Waals surface area (Å²) in [7, 11) is 0. The number of nitrogens with zero attached hydrogens (tertiary/aromatic N) is 3. The van der Waals surface area contributed by atoms with E-state index in [1.165, 1.54) is 10.7 Å². The molecule has 0 radical (unpaired) electrons. The summed E-state index contributed by atoms with van der Waals surface area (Å²) in [6.07, 6.45) is 7.45. The van der Waals surface area contributed by atoms with E-state index in [9.17, 15) is 32.8 Å². The summed E-state index contributed by atoms with van der Waals surface area (Å²) in [4.78, 5) is 62.5. The second kappa shape index (κ2) is 22.1. The summed E-state index contributed by atoms with van der Waals surface area (Å²) in [5.74, 6) is -2.77. The Hall–Kier alpha value is -4.94. The maximum atomic E-state index is 14.0. The number of aromatic nitrogens is 3. The fraction of sp³-hybridized carbons (Fsp3) is 0.513. The average Bonchev–Trinajstić information content (AvgIpc) is 3.93. The van der Waals surface area contributed by atoms with Gasteiger partial charge in [-0.2, -0.15) is 11.8 Å². The third-order valence-corrected chi connectivity index (χ3v) is 11.2. The number of benzene rings is 2. The van der Waals surface area contributed by atoms with Gasteiger partial charge in [0.2, 0.25) is 5.91 Å². The Morgan fingerprint density at radius 1 is 0.982 bits per heavy atom. The molecule has 2 aliphatic rings. The van der Waals surface area contributed by atoms with Gasteiger partial charge in [0, 0.05) is 42.4 Å². The molecule has 0 spiro atoms. The maximum absolute atomic E-state index is 14.0. The van der Waals surface area contributed by atoms with Crippen molar-refractivity contribution in [3.05, 3.63) is 71.6 Å². The van der Waals surface area contributed by atoms with Gasteiger partial charge in [-0.25, -0.2) is 18.3 Å². The van der Waals surface area contributed by atoms with E-state index >= 15 is 0 Å². The number of carbonyl (C=O) groups is 5. The first-order chi connectivity index (χ1) is 27.6. The number of fused-ring (bicyclic) bond motifs is 1. The molecule has 3 heterocycles. The van der Waals surface area contributed by atoms with Crippen LogP contribution in [0.4, 0.5) is 13.6 Å². The van der Waals surface area contributed by atoms with Crippen LogP contribution in [0.1, 0.15) is 80.3 Å². The molecule has 2 saturated heterocycles. The van der Waals surface area contributed by atoms with Crippen LogP contribution in [0.15, 0.2) is 48.7 Å². The number of unbranched alkanes of at least 4 members (excludes halogenated alkanes) is 2. The molecule has 2 fully saturated rings. The summed E-state index contributed by atoms with van der Waals surface area (Å²) in [6, 6.07) is 9.01. The fourth-order valence-corrected chi connectivity index (χ4v) is 8.10. The Labute approximate surface area is 333 Å². The van der Waals surface area contributed by atoms with Crippen molar-refractivity contribution in [2.45, 2.75) is 94.1 Å². The highest BCUT2D eigenvalue weighted by Crippen LogP contribution is 2.33. The Bertz CT molecular complexity index is 1830. The lowest BCUT2D eigenvalue weighted by atomic mass is 10.0. The van der Waals surface area contributed by atoms with Crippen LogP contribution in [-0.2, 0) is 25.7 Å². The van der Waals surface area contributed by atoms with Crippen LogP contribution in [0.3, 0.4) is 0 Å². The largest absolute Gasteiger partial charge is 0.480 e. The highest BCUT2D eigenvalue weighted by atomic mass is 32.2. The molecule has 15 nitrogen and oxygen atoms in total. The first-order valence-corrected chi connectivity index (χ1v) is 20.3. The Kier molecular flexibility index (Phi) is 16.8. The van der Waals surface area contributed by atoms with Crippen LogP contribution in [0, 0.1) is 11.6 Å². The van der Waals surface area contributed by atoms with Gasteiger partial charge in [-0.3, -0.25) is 19.2 Å². The normalized spacial score (nSPS) is 17.7. The summed E-state index contributed by atoms with van der Waals surface area (Å²) in [5.41, 5.74) is 6.81. The Morgan fingerprint density at radius 3 is 2.58 bits per heavy atom.